The molecule has 2 aromatic carbocycles. The molecule has 1 fully saturated rings. The number of hydrogen-bond acceptors (Lipinski definition) is 2. The first-order chi connectivity index (χ1) is 10.1. The monoisotopic (exact) mass is 280 g/mol. The molecule has 21 heavy (non-hydrogen) atoms. The number of likely N-dealkylation sites (N-methyl/N-ethyl adjacent to an activating group) is 1. The van der Waals surface area contributed by atoms with E-state index in [0.717, 1.165) is 13.1 Å². The van der Waals surface area contributed by atoms with Crippen LogP contribution < -0.4 is 0 Å². The lowest BCUT2D eigenvalue weighted by Gasteiger charge is -2.55. The smallest absolute Gasteiger partial charge is 0.0603 e. The Hall–Kier alpha value is -1.64. The minimum atomic E-state index is 0.293. The van der Waals surface area contributed by atoms with Gasteiger partial charge in [0.05, 0.1) is 6.04 Å². The zero-order chi connectivity index (χ0) is 14.9. The van der Waals surface area contributed by atoms with Gasteiger partial charge in [0.2, 0.25) is 0 Å². The number of hydrogen-bond donors (Lipinski definition) is 0. The van der Waals surface area contributed by atoms with Crippen molar-refractivity contribution < 1.29 is 0 Å². The quantitative estimate of drug-likeness (QED) is 0.847. The third kappa shape index (κ3) is 2.74. The predicted octanol–water partition coefficient (Wildman–Crippen LogP) is 3.41. The van der Waals surface area contributed by atoms with Crippen molar-refractivity contribution in [2.24, 2.45) is 0 Å². The van der Waals surface area contributed by atoms with Crippen LogP contribution in [0.5, 0.6) is 0 Å². The SMILES string of the molecule is CN(C)C1(C)CN(C(c2ccccc2)c2ccccc2)C1. The third-order valence-corrected chi connectivity index (χ3v) is 4.76. The normalized spacial score (nSPS) is 18.0. The van der Waals surface area contributed by atoms with Crippen LogP contribution in [0.1, 0.15) is 24.1 Å². The van der Waals surface area contributed by atoms with E-state index in [9.17, 15) is 0 Å². The molecule has 0 radical (unpaired) electrons. The summed E-state index contributed by atoms with van der Waals surface area (Å²) in [6, 6.07) is 22.0. The summed E-state index contributed by atoms with van der Waals surface area (Å²) in [4.78, 5) is 4.92. The maximum Gasteiger partial charge on any atom is 0.0603 e. The second-order valence-corrected chi connectivity index (χ2v) is 6.52. The fraction of sp³-hybridized carbons (Fsp3) is 0.368. The summed E-state index contributed by atoms with van der Waals surface area (Å²) >= 11 is 0. The molecule has 2 heteroatoms. The molecule has 0 atom stereocenters. The van der Waals surface area contributed by atoms with Crippen molar-refractivity contribution in [3.63, 3.8) is 0 Å². The summed E-state index contributed by atoms with van der Waals surface area (Å²) < 4.78 is 0. The second-order valence-electron chi connectivity index (χ2n) is 6.52. The fourth-order valence-corrected chi connectivity index (χ4v) is 3.18. The van der Waals surface area contributed by atoms with Crippen LogP contribution in [-0.2, 0) is 0 Å². The van der Waals surface area contributed by atoms with E-state index >= 15 is 0 Å². The first kappa shape index (κ1) is 14.3. The van der Waals surface area contributed by atoms with Gasteiger partial charge in [-0.05, 0) is 32.1 Å². The highest BCUT2D eigenvalue weighted by Gasteiger charge is 2.44. The minimum Gasteiger partial charge on any atom is -0.301 e. The van der Waals surface area contributed by atoms with Gasteiger partial charge in [0.25, 0.3) is 0 Å². The van der Waals surface area contributed by atoms with E-state index in [1.54, 1.807) is 0 Å². The molecule has 1 aliphatic rings. The number of benzene rings is 2. The molecule has 0 amide bonds. The summed E-state index contributed by atoms with van der Waals surface area (Å²) in [6.07, 6.45) is 0. The lowest BCUT2D eigenvalue weighted by molar-refractivity contribution is -0.0337. The average Bonchev–Trinajstić information content (AvgIpc) is 2.47. The van der Waals surface area contributed by atoms with Crippen molar-refractivity contribution in [1.82, 2.24) is 9.80 Å². The molecular formula is C19H24N2. The molecule has 0 aromatic heterocycles. The van der Waals surface area contributed by atoms with Gasteiger partial charge < -0.3 is 4.90 Å². The highest BCUT2D eigenvalue weighted by molar-refractivity contribution is 5.33. The maximum absolute atomic E-state index is 2.57. The summed E-state index contributed by atoms with van der Waals surface area (Å²) in [5.41, 5.74) is 3.05. The lowest BCUT2D eigenvalue weighted by atomic mass is 9.85. The van der Waals surface area contributed by atoms with Gasteiger partial charge >= 0.3 is 0 Å². The number of nitrogens with zero attached hydrogens (tertiary/aromatic N) is 2. The zero-order valence-electron chi connectivity index (χ0n) is 13.2. The van der Waals surface area contributed by atoms with Crippen molar-refractivity contribution in [2.45, 2.75) is 18.5 Å². The first-order valence-corrected chi connectivity index (χ1v) is 7.61. The van der Waals surface area contributed by atoms with E-state index in [0.29, 0.717) is 11.6 Å². The second kappa shape index (κ2) is 5.63. The van der Waals surface area contributed by atoms with E-state index < -0.39 is 0 Å². The van der Waals surface area contributed by atoms with Crippen molar-refractivity contribution in [2.75, 3.05) is 27.2 Å². The number of likely N-dealkylation sites (tertiary alicyclic amines) is 1. The molecule has 0 aliphatic carbocycles. The summed E-state index contributed by atoms with van der Waals surface area (Å²) in [5.74, 6) is 0. The van der Waals surface area contributed by atoms with Crippen LogP contribution in [0.15, 0.2) is 60.7 Å². The molecule has 2 nitrogen and oxygen atoms in total. The van der Waals surface area contributed by atoms with Gasteiger partial charge in [-0.25, -0.2) is 0 Å². The molecule has 0 unspecified atom stereocenters. The Morgan fingerprint density at radius 1 is 0.857 bits per heavy atom. The molecule has 1 heterocycles. The Balaban J connectivity index is 1.89. The van der Waals surface area contributed by atoms with Crippen molar-refractivity contribution in [3.05, 3.63) is 71.8 Å². The Labute approximate surface area is 128 Å². The summed E-state index contributed by atoms with van der Waals surface area (Å²) in [7, 11) is 4.36. The standard InChI is InChI=1S/C19H24N2/c1-19(20(2)3)14-21(15-19)18(16-10-6-4-7-11-16)17-12-8-5-9-13-17/h4-13,18H,14-15H2,1-3H3. The van der Waals surface area contributed by atoms with Gasteiger partial charge in [-0.15, -0.1) is 0 Å². The molecule has 0 spiro atoms. The van der Waals surface area contributed by atoms with Crippen LogP contribution >= 0.6 is 0 Å². The fourth-order valence-electron chi connectivity index (χ4n) is 3.18. The molecule has 0 bridgehead atoms. The average molecular weight is 280 g/mol. The van der Waals surface area contributed by atoms with Crippen LogP contribution in [-0.4, -0.2) is 42.5 Å². The van der Waals surface area contributed by atoms with Crippen molar-refractivity contribution >= 4 is 0 Å². The minimum absolute atomic E-state index is 0.293. The van der Waals surface area contributed by atoms with Gasteiger partial charge in [0.15, 0.2) is 0 Å². The molecule has 0 saturated carbocycles. The Bertz CT molecular complexity index is 532. The molecule has 2 aromatic rings. The lowest BCUT2D eigenvalue weighted by Crippen LogP contribution is -2.67. The van der Waals surface area contributed by atoms with E-state index in [4.69, 9.17) is 0 Å². The molecule has 3 rings (SSSR count). The van der Waals surface area contributed by atoms with E-state index in [2.05, 4.69) is 91.5 Å². The predicted molar refractivity (Wildman–Crippen MR) is 88.4 cm³/mol. The van der Waals surface area contributed by atoms with Crippen molar-refractivity contribution in [3.8, 4) is 0 Å². The Morgan fingerprint density at radius 3 is 1.67 bits per heavy atom. The topological polar surface area (TPSA) is 6.48 Å². The molecule has 110 valence electrons. The zero-order valence-corrected chi connectivity index (χ0v) is 13.2. The summed E-state index contributed by atoms with van der Waals surface area (Å²) in [5, 5.41) is 0. The highest BCUT2D eigenvalue weighted by atomic mass is 15.3. The van der Waals surface area contributed by atoms with E-state index in [-0.39, 0.29) is 0 Å². The molecule has 1 aliphatic heterocycles. The summed E-state index contributed by atoms with van der Waals surface area (Å²) in [6.45, 7) is 4.56. The Morgan fingerprint density at radius 2 is 1.29 bits per heavy atom. The van der Waals surface area contributed by atoms with Crippen LogP contribution in [0, 0.1) is 0 Å². The molecule has 0 N–H and O–H groups in total. The van der Waals surface area contributed by atoms with Gasteiger partial charge in [-0.2, -0.15) is 0 Å². The van der Waals surface area contributed by atoms with Gasteiger partial charge in [0, 0.05) is 18.6 Å². The first-order valence-electron chi connectivity index (χ1n) is 7.61. The van der Waals surface area contributed by atoms with Gasteiger partial charge in [-0.3, -0.25) is 4.90 Å². The third-order valence-electron chi connectivity index (χ3n) is 4.76. The van der Waals surface area contributed by atoms with Gasteiger partial charge in [0.1, 0.15) is 0 Å². The van der Waals surface area contributed by atoms with Crippen LogP contribution in [0.25, 0.3) is 0 Å². The molecular weight excluding hydrogens is 256 g/mol. The highest BCUT2D eigenvalue weighted by Crippen LogP contribution is 2.37. The van der Waals surface area contributed by atoms with E-state index in [1.165, 1.54) is 11.1 Å². The van der Waals surface area contributed by atoms with Crippen molar-refractivity contribution in [1.29, 1.82) is 0 Å². The van der Waals surface area contributed by atoms with Crippen LogP contribution in [0.3, 0.4) is 0 Å². The maximum atomic E-state index is 2.57. The number of rotatable bonds is 4. The van der Waals surface area contributed by atoms with Crippen LogP contribution in [0.2, 0.25) is 0 Å². The molecule has 1 saturated heterocycles. The van der Waals surface area contributed by atoms with Gasteiger partial charge in [-0.1, -0.05) is 60.7 Å². The Kier molecular flexibility index (Phi) is 3.83. The largest absolute Gasteiger partial charge is 0.301 e. The van der Waals surface area contributed by atoms with Crippen LogP contribution in [0.4, 0.5) is 0 Å². The van der Waals surface area contributed by atoms with E-state index in [1.807, 2.05) is 0 Å².